The number of H-pyrrole nitrogens is 1. The second-order valence-electron chi connectivity index (χ2n) is 2.27. The lowest BCUT2D eigenvalue weighted by Gasteiger charge is -1.93. The summed E-state index contributed by atoms with van der Waals surface area (Å²) in [5, 5.41) is 16.9. The van der Waals surface area contributed by atoms with E-state index in [1.54, 1.807) is 0 Å². The van der Waals surface area contributed by atoms with Crippen LogP contribution in [0, 0.1) is 0 Å². The molecule has 0 amide bonds. The lowest BCUT2D eigenvalue weighted by Crippen LogP contribution is -2.04. The minimum absolute atomic E-state index is 0.0115. The third kappa shape index (κ3) is 1.63. The number of aliphatic carboxylic acids is 1. The number of rotatable bonds is 3. The minimum atomic E-state index is -1.12. The molecule has 5 heteroatoms. The number of nitrogens with one attached hydrogen (secondary N) is 1. The van der Waals surface area contributed by atoms with Gasteiger partial charge in [0.15, 0.2) is 0 Å². The molecule has 0 aliphatic carbocycles. The Labute approximate surface area is 67.6 Å². The van der Waals surface area contributed by atoms with E-state index in [-0.39, 0.29) is 17.5 Å². The van der Waals surface area contributed by atoms with Crippen LogP contribution in [0.15, 0.2) is 12.4 Å². The van der Waals surface area contributed by atoms with Gasteiger partial charge in [0.05, 0.1) is 12.0 Å². The Balaban J connectivity index is 2.91. The van der Waals surface area contributed by atoms with Crippen molar-refractivity contribution in [2.24, 2.45) is 0 Å². The van der Waals surface area contributed by atoms with E-state index in [1.165, 1.54) is 12.4 Å². The Hall–Kier alpha value is -1.78. The molecule has 0 saturated heterocycles. The summed E-state index contributed by atoms with van der Waals surface area (Å²) in [6.07, 6.45) is 2.36. The van der Waals surface area contributed by atoms with Crippen molar-refractivity contribution in [1.29, 1.82) is 0 Å². The van der Waals surface area contributed by atoms with Gasteiger partial charge in [-0.2, -0.15) is 0 Å². The molecule has 0 aromatic carbocycles. The van der Waals surface area contributed by atoms with Gasteiger partial charge in [-0.25, -0.2) is 4.79 Å². The minimum Gasteiger partial charge on any atom is -0.481 e. The zero-order chi connectivity index (χ0) is 9.14. The number of aromatic nitrogens is 1. The highest BCUT2D eigenvalue weighted by Crippen LogP contribution is 2.08. The highest BCUT2D eigenvalue weighted by molar-refractivity contribution is 5.90. The van der Waals surface area contributed by atoms with Gasteiger partial charge in [-0.05, 0) is 5.56 Å². The average molecular weight is 169 g/mol. The molecule has 1 aromatic rings. The van der Waals surface area contributed by atoms with E-state index in [1.807, 2.05) is 0 Å². The first-order valence-corrected chi connectivity index (χ1v) is 3.22. The maximum absolute atomic E-state index is 10.5. The highest BCUT2D eigenvalue weighted by Gasteiger charge is 2.12. The summed E-state index contributed by atoms with van der Waals surface area (Å²) in [4.78, 5) is 23.2. The summed E-state index contributed by atoms with van der Waals surface area (Å²) in [7, 11) is 0. The Bertz CT molecular complexity index is 315. The average Bonchev–Trinajstić information content (AvgIpc) is 2.33. The van der Waals surface area contributed by atoms with Gasteiger partial charge in [-0.15, -0.1) is 0 Å². The Morgan fingerprint density at radius 2 is 2.00 bits per heavy atom. The van der Waals surface area contributed by atoms with Crippen LogP contribution in [0.3, 0.4) is 0 Å². The predicted molar refractivity (Wildman–Crippen MR) is 39.1 cm³/mol. The van der Waals surface area contributed by atoms with E-state index in [9.17, 15) is 9.59 Å². The molecule has 0 aliphatic rings. The van der Waals surface area contributed by atoms with Crippen LogP contribution >= 0.6 is 0 Å². The van der Waals surface area contributed by atoms with Crippen LogP contribution < -0.4 is 0 Å². The third-order valence-electron chi connectivity index (χ3n) is 1.40. The van der Waals surface area contributed by atoms with E-state index in [4.69, 9.17) is 10.2 Å². The van der Waals surface area contributed by atoms with Crippen molar-refractivity contribution in [3.05, 3.63) is 23.5 Å². The van der Waals surface area contributed by atoms with Crippen molar-refractivity contribution in [3.63, 3.8) is 0 Å². The third-order valence-corrected chi connectivity index (χ3v) is 1.40. The van der Waals surface area contributed by atoms with Gasteiger partial charge in [0.1, 0.15) is 0 Å². The normalized spacial score (nSPS) is 9.67. The number of aromatic carboxylic acids is 1. The van der Waals surface area contributed by atoms with Crippen LogP contribution in [-0.2, 0) is 11.2 Å². The maximum atomic E-state index is 10.5. The number of hydrogen-bond acceptors (Lipinski definition) is 2. The van der Waals surface area contributed by atoms with Crippen molar-refractivity contribution < 1.29 is 19.8 Å². The summed E-state index contributed by atoms with van der Waals surface area (Å²) in [6.45, 7) is 0. The lowest BCUT2D eigenvalue weighted by atomic mass is 10.1. The Morgan fingerprint density at radius 1 is 1.33 bits per heavy atom. The topological polar surface area (TPSA) is 90.4 Å². The van der Waals surface area contributed by atoms with E-state index >= 15 is 0 Å². The number of carboxylic acid groups (broad SMARTS) is 2. The zero-order valence-electron chi connectivity index (χ0n) is 6.07. The van der Waals surface area contributed by atoms with Crippen LogP contribution in [0.5, 0.6) is 0 Å². The summed E-state index contributed by atoms with van der Waals surface area (Å²) >= 11 is 0. The van der Waals surface area contributed by atoms with Crippen LogP contribution in [0.1, 0.15) is 15.9 Å². The number of aromatic amines is 1. The van der Waals surface area contributed by atoms with E-state index in [0.717, 1.165) is 0 Å². The molecule has 5 nitrogen and oxygen atoms in total. The van der Waals surface area contributed by atoms with Gasteiger partial charge >= 0.3 is 11.9 Å². The molecule has 0 saturated carbocycles. The fourth-order valence-electron chi connectivity index (χ4n) is 0.904. The molecule has 0 unspecified atom stereocenters. The molecule has 1 rings (SSSR count). The van der Waals surface area contributed by atoms with Crippen LogP contribution in [0.2, 0.25) is 0 Å². The first-order chi connectivity index (χ1) is 5.61. The lowest BCUT2D eigenvalue weighted by molar-refractivity contribution is -0.136. The van der Waals surface area contributed by atoms with Gasteiger partial charge in [-0.3, -0.25) is 4.79 Å². The van der Waals surface area contributed by atoms with Crippen molar-refractivity contribution in [2.75, 3.05) is 0 Å². The van der Waals surface area contributed by atoms with Gasteiger partial charge < -0.3 is 15.2 Å². The van der Waals surface area contributed by atoms with Crippen LogP contribution in [-0.4, -0.2) is 27.1 Å². The fourth-order valence-corrected chi connectivity index (χ4v) is 0.904. The standard InChI is InChI=1S/C7H7NO4/c9-6(10)1-4-2-8-3-5(4)7(11)12/h2-3,8H,1H2,(H,9,10)(H,11,12). The molecule has 0 bridgehead atoms. The Kier molecular flexibility index (Phi) is 2.14. The molecule has 1 heterocycles. The van der Waals surface area contributed by atoms with Gasteiger partial charge in [0, 0.05) is 12.4 Å². The molecule has 0 radical (unpaired) electrons. The van der Waals surface area contributed by atoms with E-state index < -0.39 is 11.9 Å². The predicted octanol–water partition coefficient (Wildman–Crippen LogP) is 0.340. The van der Waals surface area contributed by atoms with Crippen LogP contribution in [0.4, 0.5) is 0 Å². The molecular weight excluding hydrogens is 162 g/mol. The molecule has 12 heavy (non-hydrogen) atoms. The fraction of sp³-hybridized carbons (Fsp3) is 0.143. The molecule has 64 valence electrons. The smallest absolute Gasteiger partial charge is 0.337 e. The Morgan fingerprint density at radius 3 is 2.50 bits per heavy atom. The van der Waals surface area contributed by atoms with Gasteiger partial charge in [0.25, 0.3) is 0 Å². The molecule has 3 N–H and O–H groups in total. The largest absolute Gasteiger partial charge is 0.481 e. The molecule has 0 atom stereocenters. The van der Waals surface area contributed by atoms with Gasteiger partial charge in [-0.1, -0.05) is 0 Å². The maximum Gasteiger partial charge on any atom is 0.337 e. The molecule has 0 spiro atoms. The van der Waals surface area contributed by atoms with Gasteiger partial charge in [0.2, 0.25) is 0 Å². The van der Waals surface area contributed by atoms with Crippen molar-refractivity contribution in [2.45, 2.75) is 6.42 Å². The molecular formula is C7H7NO4. The second kappa shape index (κ2) is 3.08. The molecule has 1 aromatic heterocycles. The quantitative estimate of drug-likeness (QED) is 0.608. The van der Waals surface area contributed by atoms with E-state index in [0.29, 0.717) is 0 Å². The van der Waals surface area contributed by atoms with Crippen LogP contribution in [0.25, 0.3) is 0 Å². The molecule has 0 fully saturated rings. The van der Waals surface area contributed by atoms with Crippen molar-refractivity contribution in [1.82, 2.24) is 4.98 Å². The second-order valence-corrected chi connectivity index (χ2v) is 2.27. The first kappa shape index (κ1) is 8.32. The van der Waals surface area contributed by atoms with Crippen molar-refractivity contribution >= 4 is 11.9 Å². The summed E-state index contributed by atoms with van der Waals surface area (Å²) in [5.41, 5.74) is 0.299. The number of carboxylic acids is 2. The first-order valence-electron chi connectivity index (χ1n) is 3.22. The summed E-state index contributed by atoms with van der Waals surface area (Å²) in [6, 6.07) is 0. The highest BCUT2D eigenvalue weighted by atomic mass is 16.4. The monoisotopic (exact) mass is 169 g/mol. The summed E-state index contributed by atoms with van der Waals surface area (Å²) < 4.78 is 0. The number of hydrogen-bond donors (Lipinski definition) is 3. The number of carbonyl (C=O) groups is 2. The van der Waals surface area contributed by atoms with Crippen molar-refractivity contribution in [3.8, 4) is 0 Å². The zero-order valence-corrected chi connectivity index (χ0v) is 6.07. The summed E-state index contributed by atoms with van der Waals surface area (Å²) in [5.74, 6) is -2.16. The molecule has 0 aliphatic heterocycles. The SMILES string of the molecule is O=C(O)Cc1c[nH]cc1C(=O)O. The van der Waals surface area contributed by atoms with E-state index in [2.05, 4.69) is 4.98 Å².